The van der Waals surface area contributed by atoms with Gasteiger partial charge >= 0.3 is 0 Å². The van der Waals surface area contributed by atoms with Gasteiger partial charge in [0.2, 0.25) is 9.84 Å². The maximum absolute atomic E-state index is 12.8. The average Bonchev–Trinajstić information content (AvgIpc) is 2.47. The number of phenolic OH excluding ortho intramolecular Hbond substituents is 1. The second-order valence-electron chi connectivity index (χ2n) is 4.80. The molecule has 0 radical (unpaired) electrons. The Hall–Kier alpha value is -2.40. The summed E-state index contributed by atoms with van der Waals surface area (Å²) in [7, 11) is -3.66. The fourth-order valence-electron chi connectivity index (χ4n) is 2.28. The number of aromatic hydroxyl groups is 1. The summed E-state index contributed by atoms with van der Waals surface area (Å²) in [5, 5.41) is 10.2. The van der Waals surface area contributed by atoms with Gasteiger partial charge in [0, 0.05) is 11.6 Å². The van der Waals surface area contributed by atoms with Crippen LogP contribution in [0.3, 0.4) is 0 Å². The SMILES string of the molecule is Cc1cccc(S(=O)(=O)c2ccc(O)c3ncccc23)c1. The Kier molecular flexibility index (Phi) is 3.14. The number of benzene rings is 2. The zero-order valence-corrected chi connectivity index (χ0v) is 12.1. The van der Waals surface area contributed by atoms with E-state index in [2.05, 4.69) is 4.98 Å². The molecule has 3 aromatic rings. The van der Waals surface area contributed by atoms with Crippen molar-refractivity contribution in [3.63, 3.8) is 0 Å². The molecule has 106 valence electrons. The van der Waals surface area contributed by atoms with E-state index in [4.69, 9.17) is 0 Å². The molecule has 1 aromatic heterocycles. The molecule has 0 aliphatic rings. The predicted octanol–water partition coefficient (Wildman–Crippen LogP) is 3.08. The van der Waals surface area contributed by atoms with Gasteiger partial charge in [0.05, 0.1) is 9.79 Å². The lowest BCUT2D eigenvalue weighted by molar-refractivity contribution is 0.480. The molecule has 0 aliphatic carbocycles. The van der Waals surface area contributed by atoms with Crippen molar-refractivity contribution in [2.24, 2.45) is 0 Å². The molecule has 0 atom stereocenters. The Labute approximate surface area is 122 Å². The van der Waals surface area contributed by atoms with Gasteiger partial charge in [0.15, 0.2) is 0 Å². The molecule has 0 saturated heterocycles. The van der Waals surface area contributed by atoms with E-state index < -0.39 is 9.84 Å². The fraction of sp³-hybridized carbons (Fsp3) is 0.0625. The van der Waals surface area contributed by atoms with E-state index in [9.17, 15) is 13.5 Å². The average molecular weight is 299 g/mol. The van der Waals surface area contributed by atoms with E-state index in [0.29, 0.717) is 5.39 Å². The first-order valence-corrected chi connectivity index (χ1v) is 7.87. The summed E-state index contributed by atoms with van der Waals surface area (Å²) in [4.78, 5) is 4.43. The minimum atomic E-state index is -3.66. The summed E-state index contributed by atoms with van der Waals surface area (Å²) in [6.45, 7) is 1.84. The number of hydrogen-bond acceptors (Lipinski definition) is 4. The van der Waals surface area contributed by atoms with Crippen molar-refractivity contribution in [3.05, 3.63) is 60.3 Å². The van der Waals surface area contributed by atoms with Crippen molar-refractivity contribution in [3.8, 4) is 5.75 Å². The highest BCUT2D eigenvalue weighted by molar-refractivity contribution is 7.91. The lowest BCUT2D eigenvalue weighted by atomic mass is 10.2. The van der Waals surface area contributed by atoms with Gasteiger partial charge in [-0.15, -0.1) is 0 Å². The Bertz CT molecular complexity index is 933. The lowest BCUT2D eigenvalue weighted by Crippen LogP contribution is -2.03. The van der Waals surface area contributed by atoms with Crippen LogP contribution in [0.2, 0.25) is 0 Å². The maximum Gasteiger partial charge on any atom is 0.207 e. The first kappa shape index (κ1) is 13.6. The molecular formula is C16H13NO3S. The van der Waals surface area contributed by atoms with Crippen LogP contribution in [0.15, 0.2) is 64.5 Å². The van der Waals surface area contributed by atoms with Crippen molar-refractivity contribution < 1.29 is 13.5 Å². The third-order valence-electron chi connectivity index (χ3n) is 3.30. The van der Waals surface area contributed by atoms with Gasteiger partial charge in [0.25, 0.3) is 0 Å². The van der Waals surface area contributed by atoms with Crippen LogP contribution in [0.1, 0.15) is 5.56 Å². The first-order chi connectivity index (χ1) is 10.00. The zero-order valence-electron chi connectivity index (χ0n) is 11.3. The van der Waals surface area contributed by atoms with Crippen LogP contribution in [0.4, 0.5) is 0 Å². The van der Waals surface area contributed by atoms with Crippen molar-refractivity contribution in [2.45, 2.75) is 16.7 Å². The van der Waals surface area contributed by atoms with Crippen molar-refractivity contribution >= 4 is 20.7 Å². The molecule has 0 unspecified atom stereocenters. The number of fused-ring (bicyclic) bond motifs is 1. The molecule has 1 N–H and O–H groups in total. The van der Waals surface area contributed by atoms with E-state index in [1.807, 2.05) is 13.0 Å². The molecule has 4 nitrogen and oxygen atoms in total. The monoisotopic (exact) mass is 299 g/mol. The van der Waals surface area contributed by atoms with Crippen LogP contribution in [-0.2, 0) is 9.84 Å². The number of rotatable bonds is 2. The number of nitrogens with zero attached hydrogens (tertiary/aromatic N) is 1. The second-order valence-corrected chi connectivity index (χ2v) is 6.72. The summed E-state index contributed by atoms with van der Waals surface area (Å²) in [6.07, 6.45) is 1.52. The summed E-state index contributed by atoms with van der Waals surface area (Å²) >= 11 is 0. The molecule has 0 fully saturated rings. The van der Waals surface area contributed by atoms with Crippen molar-refractivity contribution in [1.82, 2.24) is 4.98 Å². The smallest absolute Gasteiger partial charge is 0.207 e. The van der Waals surface area contributed by atoms with E-state index >= 15 is 0 Å². The van der Waals surface area contributed by atoms with E-state index in [0.717, 1.165) is 5.56 Å². The van der Waals surface area contributed by atoms with E-state index in [-0.39, 0.29) is 21.1 Å². The number of sulfone groups is 1. The van der Waals surface area contributed by atoms with Crippen LogP contribution in [0.5, 0.6) is 5.75 Å². The first-order valence-electron chi connectivity index (χ1n) is 6.38. The van der Waals surface area contributed by atoms with Gasteiger partial charge in [0.1, 0.15) is 11.3 Å². The predicted molar refractivity (Wildman–Crippen MR) is 80.0 cm³/mol. The molecule has 0 bridgehead atoms. The number of aryl methyl sites for hydroxylation is 1. The van der Waals surface area contributed by atoms with Gasteiger partial charge in [-0.2, -0.15) is 0 Å². The van der Waals surface area contributed by atoms with Crippen LogP contribution >= 0.6 is 0 Å². The molecule has 21 heavy (non-hydrogen) atoms. The molecule has 0 aliphatic heterocycles. The van der Waals surface area contributed by atoms with Crippen LogP contribution in [0, 0.1) is 6.92 Å². The number of pyridine rings is 1. The summed E-state index contributed by atoms with van der Waals surface area (Å²) in [5.41, 5.74) is 1.16. The largest absolute Gasteiger partial charge is 0.506 e. The van der Waals surface area contributed by atoms with E-state index in [1.165, 1.54) is 18.3 Å². The van der Waals surface area contributed by atoms with Crippen molar-refractivity contribution in [1.29, 1.82) is 0 Å². The Morgan fingerprint density at radius 1 is 1.05 bits per heavy atom. The van der Waals surface area contributed by atoms with Crippen LogP contribution in [0.25, 0.3) is 10.9 Å². The van der Waals surface area contributed by atoms with Crippen LogP contribution < -0.4 is 0 Å². The number of hydrogen-bond donors (Lipinski definition) is 1. The summed E-state index contributed by atoms with van der Waals surface area (Å²) < 4.78 is 25.6. The molecule has 5 heteroatoms. The standard InChI is InChI=1S/C16H13NO3S/c1-11-4-2-5-12(10-11)21(19,20)15-8-7-14(18)16-13(15)6-3-9-17-16/h2-10,18H,1H3. The third kappa shape index (κ3) is 2.25. The van der Waals surface area contributed by atoms with Crippen LogP contribution in [-0.4, -0.2) is 18.5 Å². The summed E-state index contributed by atoms with van der Waals surface area (Å²) in [6, 6.07) is 12.8. The second kappa shape index (κ2) is 4.86. The maximum atomic E-state index is 12.8. The highest BCUT2D eigenvalue weighted by Gasteiger charge is 2.21. The number of aromatic nitrogens is 1. The Balaban J connectivity index is 2.32. The van der Waals surface area contributed by atoms with Gasteiger partial charge < -0.3 is 5.11 Å². The Morgan fingerprint density at radius 3 is 2.62 bits per heavy atom. The lowest BCUT2D eigenvalue weighted by Gasteiger charge is -2.09. The quantitative estimate of drug-likeness (QED) is 0.789. The fourth-order valence-corrected chi connectivity index (χ4v) is 3.83. The highest BCUT2D eigenvalue weighted by Crippen LogP contribution is 2.32. The van der Waals surface area contributed by atoms with Gasteiger partial charge in [-0.05, 0) is 48.9 Å². The summed E-state index contributed by atoms with van der Waals surface area (Å²) in [5.74, 6) is -0.0335. The molecule has 0 saturated carbocycles. The molecule has 3 rings (SSSR count). The third-order valence-corrected chi connectivity index (χ3v) is 5.11. The molecular weight excluding hydrogens is 286 g/mol. The van der Waals surface area contributed by atoms with Gasteiger partial charge in [-0.3, -0.25) is 4.98 Å². The van der Waals surface area contributed by atoms with E-state index in [1.54, 1.807) is 30.3 Å². The van der Waals surface area contributed by atoms with Gasteiger partial charge in [-0.25, -0.2) is 8.42 Å². The molecule has 1 heterocycles. The molecule has 0 spiro atoms. The minimum Gasteiger partial charge on any atom is -0.506 e. The molecule has 2 aromatic carbocycles. The minimum absolute atomic E-state index is 0.0335. The Morgan fingerprint density at radius 2 is 1.86 bits per heavy atom. The van der Waals surface area contributed by atoms with Crippen molar-refractivity contribution in [2.75, 3.05) is 0 Å². The molecule has 0 amide bonds. The highest BCUT2D eigenvalue weighted by atomic mass is 32.2. The van der Waals surface area contributed by atoms with Gasteiger partial charge in [-0.1, -0.05) is 12.1 Å². The number of phenols is 1. The zero-order chi connectivity index (χ0) is 15.0. The normalized spacial score (nSPS) is 11.7. The topological polar surface area (TPSA) is 67.3 Å².